The number of fused-ring (bicyclic) bond motifs is 2. The lowest BCUT2D eigenvalue weighted by molar-refractivity contribution is -0.119. The maximum atomic E-state index is 13.1. The molecule has 1 saturated heterocycles. The molecule has 0 saturated carbocycles. The molecule has 10 nitrogen and oxygen atoms in total. The van der Waals surface area contributed by atoms with Crippen LogP contribution in [0.2, 0.25) is 5.02 Å². The maximum Gasteiger partial charge on any atom is 0.321 e. The number of nitrogens with zero attached hydrogens (tertiary/aromatic N) is 6. The Bertz CT molecular complexity index is 1780. The zero-order valence-corrected chi connectivity index (χ0v) is 25.1. The minimum absolute atomic E-state index is 0.164. The Morgan fingerprint density at radius 1 is 1.09 bits per heavy atom. The Kier molecular flexibility index (Phi) is 8.15. The van der Waals surface area contributed by atoms with Gasteiger partial charge in [-0.1, -0.05) is 23.7 Å². The van der Waals surface area contributed by atoms with Gasteiger partial charge in [0, 0.05) is 57.1 Å². The van der Waals surface area contributed by atoms with Gasteiger partial charge in [-0.25, -0.2) is 9.78 Å². The van der Waals surface area contributed by atoms with Crippen molar-refractivity contribution >= 4 is 40.9 Å². The van der Waals surface area contributed by atoms with Crippen LogP contribution in [-0.2, 0) is 11.8 Å². The van der Waals surface area contributed by atoms with Crippen LogP contribution in [0.15, 0.2) is 73.3 Å². The van der Waals surface area contributed by atoms with Gasteiger partial charge in [-0.2, -0.15) is 5.26 Å². The van der Waals surface area contributed by atoms with Crippen molar-refractivity contribution in [1.29, 1.82) is 5.26 Å². The summed E-state index contributed by atoms with van der Waals surface area (Å²) in [5.74, 6) is -0.164. The van der Waals surface area contributed by atoms with Crippen LogP contribution in [0.3, 0.4) is 0 Å². The number of imidazole rings is 1. The number of aryl methyl sites for hydroxylation is 1. The largest absolute Gasteiger partial charge is 0.344 e. The van der Waals surface area contributed by atoms with E-state index in [1.54, 1.807) is 47.9 Å². The van der Waals surface area contributed by atoms with Gasteiger partial charge < -0.3 is 20.1 Å². The second-order valence-electron chi connectivity index (χ2n) is 10.9. The molecule has 6 rings (SSSR count). The summed E-state index contributed by atoms with van der Waals surface area (Å²) in [6.07, 6.45) is 7.37. The van der Waals surface area contributed by atoms with Crippen molar-refractivity contribution in [3.8, 4) is 6.07 Å². The molecule has 0 radical (unpaired) electrons. The number of pyridine rings is 1. The predicted molar refractivity (Wildman–Crippen MR) is 168 cm³/mol. The van der Waals surface area contributed by atoms with Crippen molar-refractivity contribution in [2.75, 3.05) is 31.5 Å². The molecule has 1 fully saturated rings. The number of halogens is 1. The number of amides is 3. The number of hydrogen-bond donors (Lipinski definition) is 2. The van der Waals surface area contributed by atoms with E-state index in [0.29, 0.717) is 42.5 Å². The van der Waals surface area contributed by atoms with Crippen molar-refractivity contribution in [1.82, 2.24) is 29.7 Å². The second-order valence-corrected chi connectivity index (χ2v) is 11.4. The lowest BCUT2D eigenvalue weighted by Crippen LogP contribution is -2.51. The normalized spacial score (nSPS) is 16.9. The molecule has 0 spiro atoms. The molecule has 1 aliphatic carbocycles. The molecule has 222 valence electrons. The summed E-state index contributed by atoms with van der Waals surface area (Å²) in [4.78, 5) is 38.9. The highest BCUT2D eigenvalue weighted by atomic mass is 35.5. The Morgan fingerprint density at radius 2 is 1.86 bits per heavy atom. The summed E-state index contributed by atoms with van der Waals surface area (Å²) in [6, 6.07) is 17.9. The van der Waals surface area contributed by atoms with Crippen LogP contribution in [0.1, 0.15) is 52.6 Å². The van der Waals surface area contributed by atoms with Crippen LogP contribution in [0.5, 0.6) is 0 Å². The van der Waals surface area contributed by atoms with E-state index in [2.05, 4.69) is 32.7 Å². The summed E-state index contributed by atoms with van der Waals surface area (Å²) < 4.78 is 1.90. The molecule has 2 aliphatic rings. The quantitative estimate of drug-likeness (QED) is 0.330. The van der Waals surface area contributed by atoms with E-state index >= 15 is 0 Å². The van der Waals surface area contributed by atoms with Gasteiger partial charge in [-0.05, 0) is 70.8 Å². The highest BCUT2D eigenvalue weighted by molar-refractivity contribution is 6.30. The van der Waals surface area contributed by atoms with Gasteiger partial charge in [0.2, 0.25) is 5.91 Å². The first-order chi connectivity index (χ1) is 21.3. The SMILES string of the molecule is CC(=O)NC(C1=Cc2cccnc2[C@@H](N2CCN(C(=O)Nc3ccc(C#N)cc3)CC2)c2ccc(Cl)cc21)c1cncn1C. The third kappa shape index (κ3) is 5.80. The first kappa shape index (κ1) is 29.1. The van der Waals surface area contributed by atoms with Crippen LogP contribution in [0.25, 0.3) is 11.6 Å². The van der Waals surface area contributed by atoms with E-state index < -0.39 is 6.04 Å². The van der Waals surface area contributed by atoms with E-state index in [0.717, 1.165) is 33.7 Å². The van der Waals surface area contributed by atoms with Gasteiger partial charge in [-0.15, -0.1) is 0 Å². The zero-order valence-electron chi connectivity index (χ0n) is 24.4. The Balaban J connectivity index is 1.33. The Hall–Kier alpha value is -4.98. The topological polar surface area (TPSA) is 119 Å². The molecule has 2 N–H and O–H groups in total. The monoisotopic (exact) mass is 606 g/mol. The zero-order chi connectivity index (χ0) is 30.8. The second kappa shape index (κ2) is 12.3. The standard InChI is InChI=1S/C33H31ClN8O2/c1-21(43)38-31(29-19-36-20-40(29)2)28-16-23-4-3-11-37-30(23)32(26-10-7-24(34)17-27(26)28)41-12-14-42(15-13-41)33(44)39-25-8-5-22(18-35)6-9-25/h3-11,16-17,19-20,31-32H,12-15H2,1-2H3,(H,38,43)(H,39,44)/t31?,32-/m0/s1. The summed E-state index contributed by atoms with van der Waals surface area (Å²) in [5, 5.41) is 15.7. The molecule has 44 heavy (non-hydrogen) atoms. The number of piperazine rings is 1. The van der Waals surface area contributed by atoms with E-state index in [-0.39, 0.29) is 18.0 Å². The number of carbonyl (C=O) groups excluding carboxylic acids is 2. The molecule has 3 amide bonds. The van der Waals surface area contributed by atoms with Crippen molar-refractivity contribution in [3.05, 3.63) is 112 Å². The van der Waals surface area contributed by atoms with Crippen LogP contribution >= 0.6 is 11.6 Å². The fourth-order valence-corrected chi connectivity index (χ4v) is 6.14. The average Bonchev–Trinajstić information content (AvgIpc) is 3.40. The smallest absolute Gasteiger partial charge is 0.321 e. The van der Waals surface area contributed by atoms with Gasteiger partial charge in [0.15, 0.2) is 0 Å². The molecule has 3 heterocycles. The predicted octanol–water partition coefficient (Wildman–Crippen LogP) is 5.01. The summed E-state index contributed by atoms with van der Waals surface area (Å²) in [6.45, 7) is 3.79. The molecule has 11 heteroatoms. The van der Waals surface area contributed by atoms with Gasteiger partial charge in [0.1, 0.15) is 0 Å². The van der Waals surface area contributed by atoms with Crippen molar-refractivity contribution in [3.63, 3.8) is 0 Å². The third-order valence-electron chi connectivity index (χ3n) is 8.10. The van der Waals surface area contributed by atoms with Gasteiger partial charge in [0.25, 0.3) is 0 Å². The minimum Gasteiger partial charge on any atom is -0.344 e. The van der Waals surface area contributed by atoms with Crippen LogP contribution in [0, 0.1) is 11.3 Å². The number of rotatable bonds is 5. The molecule has 0 bridgehead atoms. The van der Waals surface area contributed by atoms with Crippen LogP contribution in [0.4, 0.5) is 10.5 Å². The molecule has 4 aromatic rings. The fraction of sp³-hybridized carbons (Fsp3) is 0.242. The third-order valence-corrected chi connectivity index (χ3v) is 8.34. The van der Waals surface area contributed by atoms with Crippen LogP contribution < -0.4 is 10.6 Å². The molecule has 1 unspecified atom stereocenters. The first-order valence-electron chi connectivity index (χ1n) is 14.3. The Morgan fingerprint density at radius 3 is 2.55 bits per heavy atom. The van der Waals surface area contributed by atoms with Crippen molar-refractivity contribution in [2.24, 2.45) is 7.05 Å². The summed E-state index contributed by atoms with van der Waals surface area (Å²) in [7, 11) is 1.91. The molecule has 2 aromatic heterocycles. The number of hydrogen-bond acceptors (Lipinski definition) is 6. The number of anilines is 1. The number of urea groups is 1. The van der Waals surface area contributed by atoms with Crippen molar-refractivity contribution < 1.29 is 9.59 Å². The summed E-state index contributed by atoms with van der Waals surface area (Å²) >= 11 is 6.62. The minimum atomic E-state index is -0.480. The lowest BCUT2D eigenvalue weighted by Gasteiger charge is -2.39. The highest BCUT2D eigenvalue weighted by Gasteiger charge is 2.36. The number of carbonyl (C=O) groups is 2. The van der Waals surface area contributed by atoms with Crippen molar-refractivity contribution in [2.45, 2.75) is 19.0 Å². The molecule has 2 atom stereocenters. The number of benzene rings is 2. The van der Waals surface area contributed by atoms with Gasteiger partial charge in [-0.3, -0.25) is 14.7 Å². The van der Waals surface area contributed by atoms with E-state index in [1.165, 1.54) is 6.92 Å². The van der Waals surface area contributed by atoms with E-state index in [4.69, 9.17) is 21.8 Å². The summed E-state index contributed by atoms with van der Waals surface area (Å²) in [5.41, 5.74) is 6.68. The molecule has 2 aromatic carbocycles. The van der Waals surface area contributed by atoms with E-state index in [1.807, 2.05) is 41.9 Å². The van der Waals surface area contributed by atoms with Gasteiger partial charge >= 0.3 is 6.03 Å². The first-order valence-corrected chi connectivity index (χ1v) is 14.7. The fourth-order valence-electron chi connectivity index (χ4n) is 5.97. The molecular weight excluding hydrogens is 576 g/mol. The molecular formula is C33H31ClN8O2. The Labute approximate surface area is 260 Å². The highest BCUT2D eigenvalue weighted by Crippen LogP contribution is 2.44. The van der Waals surface area contributed by atoms with Crippen LogP contribution in [-0.4, -0.2) is 62.5 Å². The average molecular weight is 607 g/mol. The van der Waals surface area contributed by atoms with Gasteiger partial charge in [0.05, 0.1) is 47.6 Å². The van der Waals surface area contributed by atoms with E-state index in [9.17, 15) is 9.59 Å². The maximum absolute atomic E-state index is 13.1. The lowest BCUT2D eigenvalue weighted by atomic mass is 9.89. The molecule has 1 aliphatic heterocycles. The number of aromatic nitrogens is 3. The number of nitriles is 1. The number of nitrogens with one attached hydrogen (secondary N) is 2.